The number of rotatable bonds is 14. The van der Waals surface area contributed by atoms with Crippen molar-refractivity contribution < 1.29 is 18.7 Å². The third-order valence-electron chi connectivity index (χ3n) is 11.4. The highest BCUT2D eigenvalue weighted by molar-refractivity contribution is 6.00. The fraction of sp³-hybridized carbons (Fsp3) is 0.404. The highest BCUT2D eigenvalue weighted by Gasteiger charge is 2.23. The maximum Gasteiger partial charge on any atom is 0.251 e. The summed E-state index contributed by atoms with van der Waals surface area (Å²) in [5, 5.41) is 15.3. The third kappa shape index (κ3) is 10.5. The number of hydrogen-bond donors (Lipinski definition) is 3. The van der Waals surface area contributed by atoms with Crippen molar-refractivity contribution in [2.45, 2.75) is 78.7 Å². The van der Waals surface area contributed by atoms with E-state index in [9.17, 15) is 9.59 Å². The van der Waals surface area contributed by atoms with Crippen molar-refractivity contribution in [2.24, 2.45) is 9.98 Å². The predicted octanol–water partition coefficient (Wildman–Crippen LogP) is 6.85. The van der Waals surface area contributed by atoms with Crippen LogP contribution in [0.3, 0.4) is 0 Å². The molecule has 2 aliphatic heterocycles. The van der Waals surface area contributed by atoms with E-state index in [2.05, 4.69) is 60.7 Å². The first kappa shape index (κ1) is 43.1. The number of carbonyl (C=O) groups excluding carboxylic acids is 2. The molecule has 14 heteroatoms. The van der Waals surface area contributed by atoms with E-state index in [1.165, 1.54) is 6.07 Å². The van der Waals surface area contributed by atoms with E-state index in [0.29, 0.717) is 42.9 Å². The first-order valence-electron chi connectivity index (χ1n) is 21.5. The Morgan fingerprint density at radius 1 is 0.902 bits per heavy atom. The van der Waals surface area contributed by atoms with Crippen LogP contribution in [0, 0.1) is 5.82 Å². The number of ether oxygens (including phenoxy) is 1. The van der Waals surface area contributed by atoms with Crippen LogP contribution < -0.4 is 16.0 Å². The zero-order valence-corrected chi connectivity index (χ0v) is 35.7. The molecule has 0 unspecified atom stereocenters. The summed E-state index contributed by atoms with van der Waals surface area (Å²) in [7, 11) is 1.78. The maximum absolute atomic E-state index is 15.3. The molecule has 7 rings (SSSR count). The number of amides is 2. The number of piperazine rings is 1. The molecule has 0 atom stereocenters. The second-order valence-corrected chi connectivity index (χ2v) is 15.5. The van der Waals surface area contributed by atoms with Crippen LogP contribution in [-0.2, 0) is 37.3 Å². The summed E-state index contributed by atoms with van der Waals surface area (Å²) in [5.41, 5.74) is 7.40. The average molecular weight is 829 g/mol. The third-order valence-corrected chi connectivity index (χ3v) is 11.4. The summed E-state index contributed by atoms with van der Waals surface area (Å²) >= 11 is 0. The Morgan fingerprint density at radius 2 is 1.64 bits per heavy atom. The molecule has 0 saturated carbocycles. The van der Waals surface area contributed by atoms with E-state index < -0.39 is 0 Å². The van der Waals surface area contributed by atoms with Gasteiger partial charge in [-0.3, -0.25) is 19.5 Å². The van der Waals surface area contributed by atoms with Gasteiger partial charge in [0.05, 0.1) is 17.3 Å². The van der Waals surface area contributed by atoms with E-state index in [1.54, 1.807) is 43.4 Å². The minimum absolute atomic E-state index is 0.185. The average Bonchev–Trinajstić information content (AvgIpc) is 3.72. The van der Waals surface area contributed by atoms with Gasteiger partial charge < -0.3 is 25.6 Å². The topological polar surface area (TPSA) is 141 Å². The Morgan fingerprint density at radius 3 is 2.34 bits per heavy atom. The van der Waals surface area contributed by atoms with Crippen molar-refractivity contribution >= 4 is 40.7 Å². The number of hydrogen-bond acceptors (Lipinski definition) is 8. The Bertz CT molecular complexity index is 2380. The van der Waals surface area contributed by atoms with E-state index >= 15 is 4.39 Å². The molecule has 2 saturated heterocycles. The summed E-state index contributed by atoms with van der Waals surface area (Å²) in [6.07, 6.45) is 7.05. The van der Waals surface area contributed by atoms with E-state index in [-0.39, 0.29) is 36.8 Å². The van der Waals surface area contributed by atoms with Crippen LogP contribution in [0.25, 0.3) is 22.2 Å². The molecule has 2 aliphatic rings. The molecule has 5 aromatic rings. The zero-order chi connectivity index (χ0) is 42.7. The molecular formula is C47H57FN10O3. The van der Waals surface area contributed by atoms with Crippen molar-refractivity contribution in [3.05, 3.63) is 112 Å². The largest absolute Gasteiger partial charge is 0.381 e. The normalized spacial score (nSPS) is 15.4. The summed E-state index contributed by atoms with van der Waals surface area (Å²) < 4.78 is 22.8. The predicted molar refractivity (Wildman–Crippen MR) is 240 cm³/mol. The van der Waals surface area contributed by atoms with Gasteiger partial charge in [-0.1, -0.05) is 44.2 Å². The van der Waals surface area contributed by atoms with Crippen molar-refractivity contribution in [1.29, 1.82) is 0 Å². The van der Waals surface area contributed by atoms with Crippen LogP contribution >= 0.6 is 0 Å². The van der Waals surface area contributed by atoms with Crippen LogP contribution in [-0.4, -0.2) is 101 Å². The molecule has 2 aromatic heterocycles. The van der Waals surface area contributed by atoms with Crippen molar-refractivity contribution in [1.82, 2.24) is 35.2 Å². The van der Waals surface area contributed by atoms with E-state index in [4.69, 9.17) is 9.72 Å². The highest BCUT2D eigenvalue weighted by atomic mass is 19.1. The number of nitrogens with zero attached hydrogens (tertiary/aromatic N) is 7. The Labute approximate surface area is 357 Å². The first-order valence-corrected chi connectivity index (χ1v) is 21.5. The van der Waals surface area contributed by atoms with Crippen molar-refractivity contribution in [3.8, 4) is 11.1 Å². The molecule has 0 radical (unpaired) electrons. The minimum atomic E-state index is -0.337. The Hall–Kier alpha value is -5.99. The van der Waals surface area contributed by atoms with Crippen LogP contribution in [0.1, 0.15) is 83.1 Å². The molecule has 3 N–H and O–H groups in total. The van der Waals surface area contributed by atoms with Crippen molar-refractivity contribution in [3.63, 3.8) is 0 Å². The van der Waals surface area contributed by atoms with Crippen LogP contribution in [0.4, 0.5) is 10.1 Å². The number of aromatic nitrogens is 3. The fourth-order valence-corrected chi connectivity index (χ4v) is 8.02. The van der Waals surface area contributed by atoms with E-state index in [1.807, 2.05) is 42.2 Å². The summed E-state index contributed by atoms with van der Waals surface area (Å²) in [5.74, 6) is -0.202. The number of halogens is 1. The van der Waals surface area contributed by atoms with Gasteiger partial charge in [-0.25, -0.2) is 19.0 Å². The SMILES string of the molecule is CC/C=N\C(=NC)N1CCN(Cc2cccc(-c3cc(CNC(=O)c4cccc(C(=O)NCc5c(CC)nc6c(cnn6CC)c5NC5CCOCC5)c4)ccc3F)c2)CC1. The molecule has 0 aliphatic carbocycles. The number of guanidine groups is 1. The van der Waals surface area contributed by atoms with E-state index in [0.717, 1.165) is 103 Å². The minimum Gasteiger partial charge on any atom is -0.381 e. The molecule has 320 valence electrons. The van der Waals surface area contributed by atoms with Gasteiger partial charge in [-0.15, -0.1) is 0 Å². The number of anilines is 1. The molecule has 61 heavy (non-hydrogen) atoms. The van der Waals surface area contributed by atoms with Gasteiger partial charge in [0.15, 0.2) is 5.65 Å². The first-order chi connectivity index (χ1) is 29.8. The molecule has 0 bridgehead atoms. The Balaban J connectivity index is 0.981. The van der Waals surface area contributed by atoms with Gasteiger partial charge in [-0.2, -0.15) is 5.10 Å². The molecule has 3 aromatic carbocycles. The maximum atomic E-state index is 15.3. The number of aryl methyl sites for hydroxylation is 2. The van der Waals surface area contributed by atoms with Gasteiger partial charge >= 0.3 is 0 Å². The quantitative estimate of drug-likeness (QED) is 0.0816. The van der Waals surface area contributed by atoms with Gasteiger partial charge in [0, 0.05) is 113 Å². The number of pyridine rings is 1. The lowest BCUT2D eigenvalue weighted by atomic mass is 10.00. The number of benzene rings is 3. The van der Waals surface area contributed by atoms with Crippen LogP contribution in [0.15, 0.2) is 82.9 Å². The van der Waals surface area contributed by atoms with Crippen LogP contribution in [0.2, 0.25) is 0 Å². The zero-order valence-electron chi connectivity index (χ0n) is 35.7. The molecule has 4 heterocycles. The fourth-order valence-electron chi connectivity index (χ4n) is 8.02. The summed E-state index contributed by atoms with van der Waals surface area (Å²) in [6.45, 7) is 12.9. The number of carbonyl (C=O) groups is 2. The second-order valence-electron chi connectivity index (χ2n) is 15.5. The lowest BCUT2D eigenvalue weighted by molar-refractivity contribution is 0.0904. The number of aliphatic imine (C=N–C) groups is 2. The number of nitrogens with one attached hydrogen (secondary N) is 3. The molecule has 0 spiro atoms. The van der Waals surface area contributed by atoms with Crippen LogP contribution in [0.5, 0.6) is 0 Å². The smallest absolute Gasteiger partial charge is 0.251 e. The van der Waals surface area contributed by atoms with Gasteiger partial charge in [0.2, 0.25) is 5.96 Å². The lowest BCUT2D eigenvalue weighted by Crippen LogP contribution is -2.47. The molecule has 2 fully saturated rings. The molecular weight excluding hydrogens is 772 g/mol. The highest BCUT2D eigenvalue weighted by Crippen LogP contribution is 2.32. The number of fused-ring (bicyclic) bond motifs is 1. The van der Waals surface area contributed by atoms with Gasteiger partial charge in [0.1, 0.15) is 5.82 Å². The lowest BCUT2D eigenvalue weighted by Gasteiger charge is -2.35. The second kappa shape index (κ2) is 20.5. The van der Waals surface area contributed by atoms with Gasteiger partial charge in [0.25, 0.3) is 11.8 Å². The molecule has 13 nitrogen and oxygen atoms in total. The molecule has 2 amide bonds. The monoisotopic (exact) mass is 828 g/mol. The van der Waals surface area contributed by atoms with Crippen molar-refractivity contribution in [2.75, 3.05) is 51.8 Å². The van der Waals surface area contributed by atoms with Gasteiger partial charge in [-0.05, 0) is 85.7 Å². The summed E-state index contributed by atoms with van der Waals surface area (Å²) in [4.78, 5) is 45.5. The Kier molecular flexibility index (Phi) is 14.5. The summed E-state index contributed by atoms with van der Waals surface area (Å²) in [6, 6.07) is 19.8. The standard InChI is InChI=1S/C47H57FN10O3/c1-5-18-50-47(49-4)57-21-19-56(20-22-57)31-33-10-8-11-34(25-33)38-26-32(14-15-41(38)48)28-51-45(59)35-12-9-13-36(27-35)46(60)52-29-39-42(6-2)55-44-40(30-53-58(44)7-3)43(39)54-37-16-23-61-24-17-37/h8-15,18,25-27,30,37H,5-7,16-17,19-24,28-29,31H2,1-4H3,(H,51,59)(H,52,60)(H,54,55)/b49-47?,50-18-.